The van der Waals surface area contributed by atoms with Gasteiger partial charge in [0.15, 0.2) is 0 Å². The zero-order chi connectivity index (χ0) is 15.7. The molecule has 20 heavy (non-hydrogen) atoms. The molecule has 116 valence electrons. The molecule has 0 aliphatic rings. The molecule has 0 aromatic rings. The van der Waals surface area contributed by atoms with Gasteiger partial charge in [0, 0.05) is 6.42 Å². The Morgan fingerprint density at radius 2 is 1.75 bits per heavy atom. The summed E-state index contributed by atoms with van der Waals surface area (Å²) < 4.78 is 9.02. The van der Waals surface area contributed by atoms with Gasteiger partial charge in [0.2, 0.25) is 5.91 Å². The summed E-state index contributed by atoms with van der Waals surface area (Å²) in [5.74, 6) is -1.67. The van der Waals surface area contributed by atoms with Gasteiger partial charge in [0.1, 0.15) is 12.1 Å². The monoisotopic (exact) mass is 289 g/mol. The van der Waals surface area contributed by atoms with Gasteiger partial charge in [0.05, 0.1) is 14.2 Å². The molecule has 0 bridgehead atoms. The van der Waals surface area contributed by atoms with Gasteiger partial charge in [0.25, 0.3) is 0 Å². The number of carbonyl (C=O) groups is 3. The van der Waals surface area contributed by atoms with Crippen LogP contribution in [0.1, 0.15) is 33.1 Å². The Labute approximate surface area is 118 Å². The molecule has 0 heterocycles. The Balaban J connectivity index is 4.52. The number of hydrogen-bond donors (Lipinski definition) is 2. The van der Waals surface area contributed by atoms with Gasteiger partial charge in [-0.15, -0.1) is 0 Å². The number of esters is 2. The SMILES string of the molecule is COC(=O)CC[C@H](NC(=O)[C@H](O)CC(C)C)C(=O)OC. The number of nitrogens with one attached hydrogen (secondary N) is 1. The van der Waals surface area contributed by atoms with E-state index < -0.39 is 30.0 Å². The lowest BCUT2D eigenvalue weighted by Crippen LogP contribution is -2.46. The largest absolute Gasteiger partial charge is 0.469 e. The second-order valence-electron chi connectivity index (χ2n) is 4.84. The molecule has 0 unspecified atom stereocenters. The number of ether oxygens (including phenoxy) is 2. The molecule has 0 aliphatic heterocycles. The van der Waals surface area contributed by atoms with Crippen LogP contribution in [-0.2, 0) is 23.9 Å². The van der Waals surface area contributed by atoms with Gasteiger partial charge < -0.3 is 19.9 Å². The summed E-state index contributed by atoms with van der Waals surface area (Å²) >= 11 is 0. The summed E-state index contributed by atoms with van der Waals surface area (Å²) in [7, 11) is 2.42. The summed E-state index contributed by atoms with van der Waals surface area (Å²) in [5.41, 5.74) is 0. The van der Waals surface area contributed by atoms with Crippen molar-refractivity contribution in [2.24, 2.45) is 5.92 Å². The first-order valence-corrected chi connectivity index (χ1v) is 6.44. The Hall–Kier alpha value is -1.63. The molecule has 7 heteroatoms. The van der Waals surface area contributed by atoms with Gasteiger partial charge in [-0.2, -0.15) is 0 Å². The van der Waals surface area contributed by atoms with Crippen LogP contribution in [0.25, 0.3) is 0 Å². The molecule has 2 atom stereocenters. The highest BCUT2D eigenvalue weighted by Crippen LogP contribution is 2.07. The predicted octanol–water partition coefficient (Wildman–Crippen LogP) is 0.00440. The number of methoxy groups -OCH3 is 2. The molecule has 0 saturated heterocycles. The quantitative estimate of drug-likeness (QED) is 0.610. The van der Waals surface area contributed by atoms with Crippen LogP contribution in [0.15, 0.2) is 0 Å². The maximum absolute atomic E-state index is 11.7. The Kier molecular flexibility index (Phi) is 8.54. The van der Waals surface area contributed by atoms with E-state index in [-0.39, 0.29) is 25.2 Å². The van der Waals surface area contributed by atoms with Crippen LogP contribution < -0.4 is 5.32 Å². The first-order valence-electron chi connectivity index (χ1n) is 6.44. The first-order chi connectivity index (χ1) is 9.31. The highest BCUT2D eigenvalue weighted by Gasteiger charge is 2.26. The van der Waals surface area contributed by atoms with Crippen LogP contribution in [0, 0.1) is 5.92 Å². The van der Waals surface area contributed by atoms with Crippen molar-refractivity contribution in [1.29, 1.82) is 0 Å². The van der Waals surface area contributed by atoms with Gasteiger partial charge in [-0.1, -0.05) is 13.8 Å². The average Bonchev–Trinajstić information content (AvgIpc) is 2.40. The molecule has 0 fully saturated rings. The summed E-state index contributed by atoms with van der Waals surface area (Å²) in [6.45, 7) is 3.73. The number of aliphatic hydroxyl groups excluding tert-OH is 1. The van der Waals surface area contributed by atoms with Crippen molar-refractivity contribution in [3.05, 3.63) is 0 Å². The number of aliphatic hydroxyl groups is 1. The van der Waals surface area contributed by atoms with Gasteiger partial charge in [-0.25, -0.2) is 4.79 Å². The van der Waals surface area contributed by atoms with Crippen LogP contribution >= 0.6 is 0 Å². The highest BCUT2D eigenvalue weighted by atomic mass is 16.5. The molecule has 1 amide bonds. The van der Waals surface area contributed by atoms with Crippen LogP contribution in [0.3, 0.4) is 0 Å². The van der Waals surface area contributed by atoms with Crippen LogP contribution in [0.4, 0.5) is 0 Å². The zero-order valence-corrected chi connectivity index (χ0v) is 12.3. The molecule has 0 spiro atoms. The second kappa shape index (κ2) is 9.30. The van der Waals surface area contributed by atoms with E-state index in [4.69, 9.17) is 0 Å². The lowest BCUT2D eigenvalue weighted by Gasteiger charge is -2.19. The minimum absolute atomic E-state index is 0.0309. The number of rotatable bonds is 8. The van der Waals surface area contributed by atoms with Crippen LogP contribution in [0.2, 0.25) is 0 Å². The summed E-state index contributed by atoms with van der Waals surface area (Å²) in [6.07, 6.45) is -0.882. The average molecular weight is 289 g/mol. The van der Waals surface area contributed by atoms with E-state index in [1.807, 2.05) is 13.8 Å². The summed E-state index contributed by atoms with van der Waals surface area (Å²) in [4.78, 5) is 34.3. The van der Waals surface area contributed by atoms with Crippen molar-refractivity contribution in [1.82, 2.24) is 5.32 Å². The summed E-state index contributed by atoms with van der Waals surface area (Å²) in [6, 6.07) is -0.978. The molecule has 0 radical (unpaired) electrons. The predicted molar refractivity (Wildman–Crippen MR) is 70.7 cm³/mol. The molecule has 0 aliphatic carbocycles. The standard InChI is InChI=1S/C13H23NO6/c1-8(2)7-10(15)12(17)14-9(13(18)20-4)5-6-11(16)19-3/h8-10,15H,5-7H2,1-4H3,(H,14,17)/t9-,10+/m0/s1. The van der Waals surface area contributed by atoms with Crippen molar-refractivity contribution in [3.63, 3.8) is 0 Å². The van der Waals surface area contributed by atoms with Crippen molar-refractivity contribution in [2.45, 2.75) is 45.3 Å². The van der Waals surface area contributed by atoms with Gasteiger partial charge in [-0.05, 0) is 18.8 Å². The minimum atomic E-state index is -1.19. The van der Waals surface area contributed by atoms with E-state index in [9.17, 15) is 19.5 Å². The van der Waals surface area contributed by atoms with E-state index in [1.54, 1.807) is 0 Å². The molecule has 0 aromatic carbocycles. The van der Waals surface area contributed by atoms with Crippen molar-refractivity contribution in [3.8, 4) is 0 Å². The van der Waals surface area contributed by atoms with Crippen molar-refractivity contribution >= 4 is 17.8 Å². The number of hydrogen-bond acceptors (Lipinski definition) is 6. The van der Waals surface area contributed by atoms with Crippen LogP contribution in [-0.4, -0.2) is 49.3 Å². The first kappa shape index (κ1) is 18.4. The van der Waals surface area contributed by atoms with E-state index in [0.717, 1.165) is 0 Å². The lowest BCUT2D eigenvalue weighted by atomic mass is 10.0. The van der Waals surface area contributed by atoms with E-state index in [2.05, 4.69) is 14.8 Å². The van der Waals surface area contributed by atoms with E-state index in [1.165, 1.54) is 14.2 Å². The molecule has 0 rings (SSSR count). The van der Waals surface area contributed by atoms with Crippen molar-refractivity contribution in [2.75, 3.05) is 14.2 Å². The zero-order valence-electron chi connectivity index (χ0n) is 12.3. The topological polar surface area (TPSA) is 102 Å². The Morgan fingerprint density at radius 3 is 2.20 bits per heavy atom. The lowest BCUT2D eigenvalue weighted by molar-refractivity contribution is -0.147. The minimum Gasteiger partial charge on any atom is -0.469 e. The third-order valence-electron chi connectivity index (χ3n) is 2.66. The molecule has 0 saturated carbocycles. The smallest absolute Gasteiger partial charge is 0.328 e. The van der Waals surface area contributed by atoms with Crippen LogP contribution in [0.5, 0.6) is 0 Å². The molecular formula is C13H23NO6. The number of carbonyl (C=O) groups excluding carboxylic acids is 3. The third kappa shape index (κ3) is 7.08. The number of amides is 1. The Bertz CT molecular complexity index is 342. The summed E-state index contributed by atoms with van der Waals surface area (Å²) in [5, 5.41) is 12.0. The molecule has 0 aromatic heterocycles. The van der Waals surface area contributed by atoms with Gasteiger partial charge >= 0.3 is 11.9 Å². The fraction of sp³-hybridized carbons (Fsp3) is 0.769. The third-order valence-corrected chi connectivity index (χ3v) is 2.66. The van der Waals surface area contributed by atoms with E-state index in [0.29, 0.717) is 0 Å². The second-order valence-corrected chi connectivity index (χ2v) is 4.84. The molecular weight excluding hydrogens is 266 g/mol. The maximum Gasteiger partial charge on any atom is 0.328 e. The Morgan fingerprint density at radius 1 is 1.15 bits per heavy atom. The fourth-order valence-corrected chi connectivity index (χ4v) is 1.58. The molecule has 7 nitrogen and oxygen atoms in total. The normalized spacial score (nSPS) is 13.5. The maximum atomic E-state index is 11.7. The van der Waals surface area contributed by atoms with Gasteiger partial charge in [-0.3, -0.25) is 9.59 Å². The van der Waals surface area contributed by atoms with Crippen molar-refractivity contribution < 1.29 is 29.0 Å². The fourth-order valence-electron chi connectivity index (χ4n) is 1.58. The highest BCUT2D eigenvalue weighted by molar-refractivity contribution is 5.87. The van der Waals surface area contributed by atoms with E-state index >= 15 is 0 Å². The molecule has 2 N–H and O–H groups in total.